The van der Waals surface area contributed by atoms with E-state index in [4.69, 9.17) is 9.47 Å². The lowest BCUT2D eigenvalue weighted by Gasteiger charge is -2.05. The topological polar surface area (TPSA) is 120 Å². The predicted molar refractivity (Wildman–Crippen MR) is 120 cm³/mol. The van der Waals surface area contributed by atoms with Crippen LogP contribution in [0, 0.1) is 10.1 Å². The van der Waals surface area contributed by atoms with E-state index >= 15 is 0 Å². The first-order valence-corrected chi connectivity index (χ1v) is 9.97. The number of hydrogen-bond acceptors (Lipinski definition) is 7. The van der Waals surface area contributed by atoms with Crippen LogP contribution in [-0.2, 0) is 4.79 Å². The maximum atomic E-state index is 12.2. The number of non-ortho nitro benzene ring substituents is 1. The van der Waals surface area contributed by atoms with E-state index in [0.29, 0.717) is 22.6 Å². The molecule has 3 aromatic carbocycles. The van der Waals surface area contributed by atoms with Crippen LogP contribution in [0.2, 0.25) is 0 Å². The average Bonchev–Trinajstić information content (AvgIpc) is 2.79. The van der Waals surface area contributed by atoms with E-state index in [1.54, 1.807) is 42.5 Å². The minimum Gasteiger partial charge on any atom is -0.484 e. The van der Waals surface area contributed by atoms with Crippen LogP contribution in [-0.4, -0.2) is 29.6 Å². The van der Waals surface area contributed by atoms with Crippen LogP contribution in [0.1, 0.15) is 15.9 Å². The molecule has 3 aromatic rings. The Morgan fingerprint density at radius 1 is 1.03 bits per heavy atom. The summed E-state index contributed by atoms with van der Waals surface area (Å²) in [6.07, 6.45) is 1.42. The second kappa shape index (κ2) is 10.8. The van der Waals surface area contributed by atoms with Gasteiger partial charge in [-0.15, -0.1) is 0 Å². The lowest BCUT2D eigenvalue weighted by atomic mass is 10.2. The Labute approximate surface area is 190 Å². The summed E-state index contributed by atoms with van der Waals surface area (Å²) in [5, 5.41) is 14.4. The molecule has 0 fully saturated rings. The van der Waals surface area contributed by atoms with Crippen molar-refractivity contribution >= 4 is 39.7 Å². The minimum atomic E-state index is -0.524. The van der Waals surface area contributed by atoms with Crippen molar-refractivity contribution in [1.82, 2.24) is 5.43 Å². The Morgan fingerprint density at radius 2 is 1.72 bits per heavy atom. The van der Waals surface area contributed by atoms with E-state index in [9.17, 15) is 19.7 Å². The van der Waals surface area contributed by atoms with Crippen molar-refractivity contribution in [2.24, 2.45) is 5.10 Å². The molecule has 3 rings (SSSR count). The molecule has 0 aliphatic carbocycles. The summed E-state index contributed by atoms with van der Waals surface area (Å²) in [6, 6.07) is 18.8. The normalized spacial score (nSPS) is 10.5. The quantitative estimate of drug-likeness (QED) is 0.164. The average molecular weight is 498 g/mol. The van der Waals surface area contributed by atoms with E-state index in [0.717, 1.165) is 4.47 Å². The summed E-state index contributed by atoms with van der Waals surface area (Å²) >= 11 is 3.31. The Balaban J connectivity index is 1.45. The molecule has 1 N–H and O–H groups in total. The summed E-state index contributed by atoms with van der Waals surface area (Å²) < 4.78 is 11.3. The molecule has 0 heterocycles. The van der Waals surface area contributed by atoms with Gasteiger partial charge < -0.3 is 9.47 Å². The number of benzene rings is 3. The van der Waals surface area contributed by atoms with Gasteiger partial charge in [0.15, 0.2) is 6.61 Å². The number of nitro benzene ring substituents is 1. The van der Waals surface area contributed by atoms with Gasteiger partial charge in [0.05, 0.1) is 16.7 Å². The van der Waals surface area contributed by atoms with Crippen molar-refractivity contribution in [3.05, 3.63) is 98.5 Å². The number of nitrogens with one attached hydrogen (secondary N) is 1. The van der Waals surface area contributed by atoms with E-state index in [2.05, 4.69) is 26.5 Å². The fourth-order valence-electron chi connectivity index (χ4n) is 2.43. The molecule has 162 valence electrons. The monoisotopic (exact) mass is 497 g/mol. The highest BCUT2D eigenvalue weighted by atomic mass is 79.9. The number of hydrogen-bond donors (Lipinski definition) is 1. The molecule has 0 aliphatic rings. The predicted octanol–water partition coefficient (Wildman–Crippen LogP) is 4.11. The molecule has 0 unspecified atom stereocenters. The first-order valence-electron chi connectivity index (χ1n) is 9.18. The van der Waals surface area contributed by atoms with Crippen molar-refractivity contribution in [1.29, 1.82) is 0 Å². The lowest BCUT2D eigenvalue weighted by Crippen LogP contribution is -2.24. The molecule has 0 aliphatic heterocycles. The smallest absolute Gasteiger partial charge is 0.343 e. The number of rotatable bonds is 8. The molecule has 0 saturated heterocycles. The van der Waals surface area contributed by atoms with Gasteiger partial charge in [0, 0.05) is 16.6 Å². The van der Waals surface area contributed by atoms with Crippen molar-refractivity contribution in [3.8, 4) is 11.5 Å². The maximum Gasteiger partial charge on any atom is 0.343 e. The van der Waals surface area contributed by atoms with Gasteiger partial charge in [-0.2, -0.15) is 5.10 Å². The van der Waals surface area contributed by atoms with Crippen LogP contribution in [0.5, 0.6) is 11.5 Å². The zero-order valence-electron chi connectivity index (χ0n) is 16.4. The van der Waals surface area contributed by atoms with Crippen molar-refractivity contribution < 1.29 is 24.0 Å². The highest BCUT2D eigenvalue weighted by Gasteiger charge is 2.09. The maximum absolute atomic E-state index is 12.2. The molecule has 1 amide bonds. The number of carbonyl (C=O) groups is 2. The minimum absolute atomic E-state index is 0.0691. The van der Waals surface area contributed by atoms with Crippen LogP contribution in [0.4, 0.5) is 5.69 Å². The SMILES string of the molecule is O=C(COc1ccc([N+](=O)[O-])cc1)N/N=C\c1ccc(OC(=O)c2cccc(Br)c2)cc1. The van der Waals surface area contributed by atoms with E-state index in [-0.39, 0.29) is 12.3 Å². The van der Waals surface area contributed by atoms with Crippen molar-refractivity contribution in [2.45, 2.75) is 0 Å². The second-order valence-electron chi connectivity index (χ2n) is 6.30. The van der Waals surface area contributed by atoms with Gasteiger partial charge in [-0.05, 0) is 60.2 Å². The first-order chi connectivity index (χ1) is 15.4. The molecular weight excluding hydrogens is 482 g/mol. The number of esters is 1. The van der Waals surface area contributed by atoms with Crippen molar-refractivity contribution in [2.75, 3.05) is 6.61 Å². The number of nitrogens with zero attached hydrogens (tertiary/aromatic N) is 2. The summed E-state index contributed by atoms with van der Waals surface area (Å²) in [4.78, 5) is 34.0. The zero-order chi connectivity index (χ0) is 22.9. The number of amides is 1. The Hall–Kier alpha value is -4.05. The summed E-state index contributed by atoms with van der Waals surface area (Å²) in [6.45, 7) is -0.306. The van der Waals surface area contributed by atoms with Gasteiger partial charge in [-0.25, -0.2) is 10.2 Å². The molecule has 0 radical (unpaired) electrons. The van der Waals surface area contributed by atoms with E-state index in [1.807, 2.05) is 6.07 Å². The second-order valence-corrected chi connectivity index (χ2v) is 7.22. The van der Waals surface area contributed by atoms with Gasteiger partial charge >= 0.3 is 5.97 Å². The molecule has 0 atom stereocenters. The van der Waals surface area contributed by atoms with Gasteiger partial charge in [-0.1, -0.05) is 22.0 Å². The van der Waals surface area contributed by atoms with Crippen LogP contribution < -0.4 is 14.9 Å². The van der Waals surface area contributed by atoms with Gasteiger partial charge in [-0.3, -0.25) is 14.9 Å². The number of carbonyl (C=O) groups excluding carboxylic acids is 2. The standard InChI is InChI=1S/C22H16BrN3O6/c23-17-3-1-2-16(12-17)22(28)32-20-8-4-15(5-9-20)13-24-25-21(27)14-31-19-10-6-18(7-11-19)26(29)30/h1-13H,14H2,(H,25,27)/b24-13-. The van der Waals surface area contributed by atoms with Crippen LogP contribution >= 0.6 is 15.9 Å². The molecule has 0 aromatic heterocycles. The first kappa shape index (κ1) is 22.6. The van der Waals surface area contributed by atoms with Crippen LogP contribution in [0.15, 0.2) is 82.4 Å². The molecule has 32 heavy (non-hydrogen) atoms. The van der Waals surface area contributed by atoms with Crippen LogP contribution in [0.3, 0.4) is 0 Å². The Kier molecular flexibility index (Phi) is 7.65. The van der Waals surface area contributed by atoms with Crippen LogP contribution in [0.25, 0.3) is 0 Å². The number of halogens is 1. The molecule has 0 bridgehead atoms. The van der Waals surface area contributed by atoms with Crippen molar-refractivity contribution in [3.63, 3.8) is 0 Å². The third-order valence-electron chi connectivity index (χ3n) is 3.97. The molecule has 0 spiro atoms. The molecule has 0 saturated carbocycles. The van der Waals surface area contributed by atoms with E-state index in [1.165, 1.54) is 30.5 Å². The summed E-state index contributed by atoms with van der Waals surface area (Å²) in [5.74, 6) is -0.289. The highest BCUT2D eigenvalue weighted by Crippen LogP contribution is 2.18. The fraction of sp³-hybridized carbons (Fsp3) is 0.0455. The fourth-order valence-corrected chi connectivity index (χ4v) is 2.83. The summed E-state index contributed by atoms with van der Waals surface area (Å²) in [5.41, 5.74) is 3.33. The molecular formula is C22H16BrN3O6. The third-order valence-corrected chi connectivity index (χ3v) is 4.46. The lowest BCUT2D eigenvalue weighted by molar-refractivity contribution is -0.384. The number of ether oxygens (including phenoxy) is 2. The third kappa shape index (κ3) is 6.74. The molecule has 9 nitrogen and oxygen atoms in total. The molecule has 10 heteroatoms. The largest absolute Gasteiger partial charge is 0.484 e. The zero-order valence-corrected chi connectivity index (χ0v) is 18.0. The van der Waals surface area contributed by atoms with E-state index < -0.39 is 16.8 Å². The van der Waals surface area contributed by atoms with Gasteiger partial charge in [0.25, 0.3) is 11.6 Å². The van der Waals surface area contributed by atoms with Gasteiger partial charge in [0.2, 0.25) is 0 Å². The number of hydrazone groups is 1. The highest BCUT2D eigenvalue weighted by molar-refractivity contribution is 9.10. The Bertz CT molecular complexity index is 1150. The van der Waals surface area contributed by atoms with Gasteiger partial charge in [0.1, 0.15) is 11.5 Å². The Morgan fingerprint density at radius 3 is 2.38 bits per heavy atom. The number of nitro groups is 1. The summed E-state index contributed by atoms with van der Waals surface area (Å²) in [7, 11) is 0.